The number of rotatable bonds is 7. The summed E-state index contributed by atoms with van der Waals surface area (Å²) in [6, 6.07) is 12.6. The molecule has 202 valence electrons. The number of halogens is 3. The molecule has 12 heteroatoms. The van der Waals surface area contributed by atoms with Gasteiger partial charge in [0.2, 0.25) is 0 Å². The van der Waals surface area contributed by atoms with Gasteiger partial charge in [-0.25, -0.2) is 13.4 Å². The van der Waals surface area contributed by atoms with Crippen molar-refractivity contribution >= 4 is 27.5 Å². The Balaban J connectivity index is 1.85. The Morgan fingerprint density at radius 3 is 2.53 bits per heavy atom. The van der Waals surface area contributed by atoms with Crippen LogP contribution in [0.3, 0.4) is 0 Å². The number of aromatic nitrogens is 1. The van der Waals surface area contributed by atoms with Crippen molar-refractivity contribution in [3.05, 3.63) is 65.7 Å². The van der Waals surface area contributed by atoms with E-state index in [0.29, 0.717) is 0 Å². The lowest BCUT2D eigenvalue weighted by molar-refractivity contribution is -0.138. The molecule has 0 unspecified atom stereocenters. The van der Waals surface area contributed by atoms with E-state index in [1.54, 1.807) is 33.2 Å². The summed E-state index contributed by atoms with van der Waals surface area (Å²) in [4.78, 5) is 16.9. The average Bonchev–Trinajstić information content (AvgIpc) is 2.85. The zero-order valence-corrected chi connectivity index (χ0v) is 21.7. The first-order valence-electron chi connectivity index (χ1n) is 11.6. The highest BCUT2D eigenvalue weighted by Crippen LogP contribution is 2.41. The highest BCUT2D eigenvalue weighted by atomic mass is 32.2. The van der Waals surface area contributed by atoms with Gasteiger partial charge in [-0.3, -0.25) is 9.10 Å². The molecule has 0 aliphatic carbocycles. The van der Waals surface area contributed by atoms with Gasteiger partial charge in [0, 0.05) is 26.1 Å². The second kappa shape index (κ2) is 10.2. The number of hydrogen-bond donors (Lipinski definition) is 1. The van der Waals surface area contributed by atoms with Gasteiger partial charge in [0.25, 0.3) is 10.0 Å². The fraction of sp³-hybridized carbons (Fsp3) is 0.308. The van der Waals surface area contributed by atoms with E-state index >= 15 is 0 Å². The van der Waals surface area contributed by atoms with Gasteiger partial charge in [0.1, 0.15) is 17.7 Å². The summed E-state index contributed by atoms with van der Waals surface area (Å²) in [5, 5.41) is 9.10. The topological polar surface area (TPSA) is 100 Å². The van der Waals surface area contributed by atoms with Gasteiger partial charge in [-0.15, -0.1) is 0 Å². The molecular formula is C26H26F3N3O5S. The molecule has 1 N–H and O–H groups in total. The number of sulfonamides is 1. The monoisotopic (exact) mass is 549 g/mol. The summed E-state index contributed by atoms with van der Waals surface area (Å²) < 4.78 is 75.4. The van der Waals surface area contributed by atoms with E-state index in [4.69, 9.17) is 9.84 Å². The molecule has 1 aromatic heterocycles. The predicted molar refractivity (Wildman–Crippen MR) is 136 cm³/mol. The van der Waals surface area contributed by atoms with E-state index in [0.717, 1.165) is 22.0 Å². The number of carbonyl (C=O) groups is 1. The Bertz CT molecular complexity index is 1480. The lowest BCUT2D eigenvalue weighted by atomic mass is 10.1. The molecule has 1 aliphatic rings. The fourth-order valence-corrected chi connectivity index (χ4v) is 5.70. The van der Waals surface area contributed by atoms with Crippen LogP contribution in [0.15, 0.2) is 59.5 Å². The Morgan fingerprint density at radius 2 is 1.89 bits per heavy atom. The van der Waals surface area contributed by atoms with E-state index in [1.165, 1.54) is 35.2 Å². The number of carboxylic acid groups (broad SMARTS) is 1. The van der Waals surface area contributed by atoms with Crippen molar-refractivity contribution < 1.29 is 36.2 Å². The summed E-state index contributed by atoms with van der Waals surface area (Å²) in [5.74, 6) is -0.789. The number of ether oxygens (including phenoxy) is 1. The maximum absolute atomic E-state index is 13.7. The van der Waals surface area contributed by atoms with Crippen molar-refractivity contribution in [2.24, 2.45) is 0 Å². The van der Waals surface area contributed by atoms with Crippen molar-refractivity contribution in [2.75, 3.05) is 29.8 Å². The number of fused-ring (bicyclic) bond motifs is 1. The van der Waals surface area contributed by atoms with Gasteiger partial charge in [-0.05, 0) is 61.4 Å². The molecule has 0 amide bonds. The third-order valence-electron chi connectivity index (χ3n) is 6.04. The molecule has 1 atom stereocenters. The first-order chi connectivity index (χ1) is 17.8. The minimum atomic E-state index is -4.61. The largest absolute Gasteiger partial charge is 0.486 e. The van der Waals surface area contributed by atoms with Crippen LogP contribution in [0.4, 0.5) is 24.7 Å². The van der Waals surface area contributed by atoms with Crippen molar-refractivity contribution in [3.63, 3.8) is 0 Å². The van der Waals surface area contributed by atoms with Gasteiger partial charge < -0.3 is 14.7 Å². The number of benzene rings is 2. The minimum absolute atomic E-state index is 0.00669. The van der Waals surface area contributed by atoms with Crippen LogP contribution in [-0.2, 0) is 21.0 Å². The minimum Gasteiger partial charge on any atom is -0.486 e. The van der Waals surface area contributed by atoms with Crippen LogP contribution in [0.1, 0.15) is 24.0 Å². The first-order valence-corrected chi connectivity index (χ1v) is 13.1. The number of anilines is 2. The fourth-order valence-electron chi connectivity index (χ4n) is 4.09. The molecule has 2 heterocycles. The normalized spacial score (nSPS) is 15.5. The lowest BCUT2D eigenvalue weighted by Crippen LogP contribution is -2.43. The van der Waals surface area contributed by atoms with Gasteiger partial charge in [0.15, 0.2) is 0 Å². The number of pyridine rings is 1. The molecule has 0 fully saturated rings. The van der Waals surface area contributed by atoms with E-state index in [-0.39, 0.29) is 52.8 Å². The molecule has 8 nitrogen and oxygen atoms in total. The summed E-state index contributed by atoms with van der Waals surface area (Å²) in [6.07, 6.45) is -5.51. The molecule has 4 rings (SSSR count). The van der Waals surface area contributed by atoms with Crippen molar-refractivity contribution in [2.45, 2.75) is 36.9 Å². The van der Waals surface area contributed by atoms with Crippen LogP contribution < -0.4 is 13.9 Å². The summed E-state index contributed by atoms with van der Waals surface area (Å²) in [5.41, 5.74) is 0.224. The van der Waals surface area contributed by atoms with Crippen molar-refractivity contribution in [3.8, 4) is 17.0 Å². The van der Waals surface area contributed by atoms with Crippen molar-refractivity contribution in [1.29, 1.82) is 0 Å². The maximum atomic E-state index is 13.7. The highest BCUT2D eigenvalue weighted by molar-refractivity contribution is 7.92. The quantitative estimate of drug-likeness (QED) is 0.445. The Hall–Kier alpha value is -3.80. The van der Waals surface area contributed by atoms with Crippen LogP contribution >= 0.6 is 0 Å². The second-order valence-electron chi connectivity index (χ2n) is 9.20. The number of aliphatic carboxylic acids is 1. The van der Waals surface area contributed by atoms with Crippen LogP contribution in [0, 0.1) is 6.92 Å². The molecular weight excluding hydrogens is 523 g/mol. The highest BCUT2D eigenvalue weighted by Gasteiger charge is 2.36. The van der Waals surface area contributed by atoms with E-state index in [1.807, 2.05) is 0 Å². The number of hydrogen-bond acceptors (Lipinski definition) is 6. The first kappa shape index (κ1) is 27.2. The standard InChI is InChI=1S/C26H26F3N3O5S/c1-16-5-4-6-20(11-16)38(35,36)32-15-19(8-10-25(33)34)37-23-9-7-17(12-22(23)32)21-13-18(26(27,28)29)14-24(30-21)31(2)3/h4-7,9,11-14,19H,8,10,15H2,1-3H3,(H,33,34)/t19-/m0/s1. The Kier molecular flexibility index (Phi) is 7.29. The Labute approximate surface area is 218 Å². The van der Waals surface area contributed by atoms with Crippen molar-refractivity contribution in [1.82, 2.24) is 4.98 Å². The average molecular weight is 550 g/mol. The lowest BCUT2D eigenvalue weighted by Gasteiger charge is -2.35. The third kappa shape index (κ3) is 5.69. The van der Waals surface area contributed by atoms with Gasteiger partial charge in [0.05, 0.1) is 28.4 Å². The smallest absolute Gasteiger partial charge is 0.416 e. The maximum Gasteiger partial charge on any atom is 0.416 e. The summed E-state index contributed by atoms with van der Waals surface area (Å²) in [7, 11) is -0.984. The SMILES string of the molecule is Cc1cccc(S(=O)(=O)N2C[C@H](CCC(=O)O)Oc3ccc(-c4cc(C(F)(F)F)cc(N(C)C)n4)cc32)c1. The number of alkyl halides is 3. The van der Waals surface area contributed by atoms with Gasteiger partial charge in [-0.1, -0.05) is 12.1 Å². The van der Waals surface area contributed by atoms with E-state index < -0.39 is 33.8 Å². The zero-order valence-electron chi connectivity index (χ0n) is 20.9. The van der Waals surface area contributed by atoms with Crippen LogP contribution in [0.2, 0.25) is 0 Å². The van der Waals surface area contributed by atoms with Gasteiger partial charge in [-0.2, -0.15) is 13.2 Å². The molecule has 0 bridgehead atoms. The molecule has 38 heavy (non-hydrogen) atoms. The van der Waals surface area contributed by atoms with Crippen LogP contribution in [-0.4, -0.2) is 51.2 Å². The van der Waals surface area contributed by atoms with Crippen LogP contribution in [0.25, 0.3) is 11.3 Å². The van der Waals surface area contributed by atoms with Gasteiger partial charge >= 0.3 is 12.1 Å². The van der Waals surface area contributed by atoms with E-state index in [2.05, 4.69) is 4.98 Å². The summed E-state index contributed by atoms with van der Waals surface area (Å²) in [6.45, 7) is 1.58. The molecule has 0 saturated heterocycles. The molecule has 2 aromatic carbocycles. The number of nitrogens with zero attached hydrogens (tertiary/aromatic N) is 3. The summed E-state index contributed by atoms with van der Waals surface area (Å²) >= 11 is 0. The van der Waals surface area contributed by atoms with Crippen LogP contribution in [0.5, 0.6) is 5.75 Å². The molecule has 3 aromatic rings. The third-order valence-corrected chi connectivity index (χ3v) is 7.82. The zero-order chi connectivity index (χ0) is 27.8. The molecule has 1 aliphatic heterocycles. The molecule has 0 spiro atoms. The molecule has 0 radical (unpaired) electrons. The number of aryl methyl sites for hydroxylation is 1. The molecule has 0 saturated carbocycles. The predicted octanol–water partition coefficient (Wildman–Crippen LogP) is 4.96. The Morgan fingerprint density at radius 1 is 1.16 bits per heavy atom. The second-order valence-corrected chi connectivity index (χ2v) is 11.1. The number of carboxylic acids is 1. The van der Waals surface area contributed by atoms with E-state index in [9.17, 15) is 26.4 Å².